The second-order valence-electron chi connectivity index (χ2n) is 6.93. The number of carbonyl (C=O) groups excluding carboxylic acids is 1. The molecule has 2 fully saturated rings. The molecule has 2 aliphatic carbocycles. The fourth-order valence-electron chi connectivity index (χ4n) is 3.91. The number of rotatable bonds is 4. The lowest BCUT2D eigenvalue weighted by Crippen LogP contribution is -2.16. The van der Waals surface area contributed by atoms with Crippen molar-refractivity contribution in [2.45, 2.75) is 58.5 Å². The van der Waals surface area contributed by atoms with Gasteiger partial charge in [0.1, 0.15) is 5.75 Å². The van der Waals surface area contributed by atoms with Gasteiger partial charge in [-0.15, -0.1) is 0 Å². The fraction of sp³-hybridized carbons (Fsp3) is 0.550. The second kappa shape index (κ2) is 6.68. The van der Waals surface area contributed by atoms with E-state index in [0.717, 1.165) is 29.7 Å². The summed E-state index contributed by atoms with van der Waals surface area (Å²) < 4.78 is 5.86. The van der Waals surface area contributed by atoms with Crippen molar-refractivity contribution in [3.05, 3.63) is 35.4 Å². The first-order chi connectivity index (χ1) is 10.6. The summed E-state index contributed by atoms with van der Waals surface area (Å²) in [4.78, 5) is 12.7. The van der Waals surface area contributed by atoms with E-state index in [2.05, 4.69) is 6.08 Å². The van der Waals surface area contributed by atoms with Gasteiger partial charge in [0.15, 0.2) is 5.78 Å². The van der Waals surface area contributed by atoms with Gasteiger partial charge in [-0.25, -0.2) is 0 Å². The van der Waals surface area contributed by atoms with Crippen LogP contribution in [0, 0.1) is 11.8 Å². The summed E-state index contributed by atoms with van der Waals surface area (Å²) in [6.45, 7) is 4.06. The molecule has 2 saturated carbocycles. The molecule has 0 saturated heterocycles. The Hall–Kier alpha value is -1.57. The molecule has 0 N–H and O–H groups in total. The Morgan fingerprint density at radius 2 is 1.86 bits per heavy atom. The normalized spacial score (nSPS) is 24.6. The van der Waals surface area contributed by atoms with Gasteiger partial charge < -0.3 is 4.74 Å². The van der Waals surface area contributed by atoms with Crippen molar-refractivity contribution in [2.24, 2.45) is 11.8 Å². The highest BCUT2D eigenvalue weighted by Crippen LogP contribution is 2.41. The Kier molecular flexibility index (Phi) is 4.66. The van der Waals surface area contributed by atoms with Crippen molar-refractivity contribution in [2.75, 3.05) is 0 Å². The highest BCUT2D eigenvalue weighted by molar-refractivity contribution is 6.03. The van der Waals surface area contributed by atoms with Gasteiger partial charge in [-0.2, -0.15) is 0 Å². The lowest BCUT2D eigenvalue weighted by atomic mass is 9.88. The van der Waals surface area contributed by atoms with Crippen LogP contribution in [0.3, 0.4) is 0 Å². The molecule has 0 bridgehead atoms. The van der Waals surface area contributed by atoms with Crippen molar-refractivity contribution in [1.29, 1.82) is 0 Å². The van der Waals surface area contributed by atoms with Crippen molar-refractivity contribution in [1.82, 2.24) is 0 Å². The molecule has 0 aromatic heterocycles. The van der Waals surface area contributed by atoms with E-state index in [1.807, 2.05) is 38.1 Å². The minimum atomic E-state index is 0.144. The van der Waals surface area contributed by atoms with E-state index in [-0.39, 0.29) is 12.0 Å². The highest BCUT2D eigenvalue weighted by Gasteiger charge is 2.36. The summed E-state index contributed by atoms with van der Waals surface area (Å²) in [6.07, 6.45) is 9.28. The Morgan fingerprint density at radius 3 is 2.59 bits per heavy atom. The van der Waals surface area contributed by atoms with Crippen LogP contribution in [-0.4, -0.2) is 11.9 Å². The van der Waals surface area contributed by atoms with Gasteiger partial charge in [-0.1, -0.05) is 31.0 Å². The van der Waals surface area contributed by atoms with Gasteiger partial charge in [-0.3, -0.25) is 4.79 Å². The Bertz CT molecular complexity index is 565. The lowest BCUT2D eigenvalue weighted by molar-refractivity contribution is -0.119. The number of hydrogen-bond donors (Lipinski definition) is 0. The van der Waals surface area contributed by atoms with Crippen LogP contribution in [0.25, 0.3) is 6.08 Å². The van der Waals surface area contributed by atoms with Crippen molar-refractivity contribution < 1.29 is 9.53 Å². The zero-order valence-electron chi connectivity index (χ0n) is 13.7. The average Bonchev–Trinajstić information content (AvgIpc) is 3.11. The van der Waals surface area contributed by atoms with Gasteiger partial charge >= 0.3 is 0 Å². The quantitative estimate of drug-likeness (QED) is 0.729. The molecule has 0 radical (unpaired) electrons. The Morgan fingerprint density at radius 1 is 1.14 bits per heavy atom. The first-order valence-electron chi connectivity index (χ1n) is 8.65. The fourth-order valence-corrected chi connectivity index (χ4v) is 3.91. The molecule has 22 heavy (non-hydrogen) atoms. The third-order valence-electron chi connectivity index (χ3n) is 4.96. The van der Waals surface area contributed by atoms with Crippen molar-refractivity contribution >= 4 is 11.9 Å². The SMILES string of the molecule is CC(C)Oc1ccccc1/C=C1\CC[C@@H](C2CCCC2)C1=O. The molecule has 0 unspecified atom stereocenters. The molecule has 2 aliphatic rings. The molecule has 2 nitrogen and oxygen atoms in total. The summed E-state index contributed by atoms with van der Waals surface area (Å²) >= 11 is 0. The summed E-state index contributed by atoms with van der Waals surface area (Å²) in [5, 5.41) is 0. The Balaban J connectivity index is 1.79. The zero-order valence-corrected chi connectivity index (χ0v) is 13.7. The standard InChI is InChI=1S/C20H26O2/c1-14(2)22-19-10-6-5-9-16(19)13-17-11-12-18(20(17)21)15-7-3-4-8-15/h5-6,9-10,13-15,18H,3-4,7-8,11-12H2,1-2H3/b17-13+/t18-/m0/s1. The van der Waals surface area contributed by atoms with E-state index >= 15 is 0 Å². The lowest BCUT2D eigenvalue weighted by Gasteiger charge is -2.15. The minimum Gasteiger partial charge on any atom is -0.490 e. The van der Waals surface area contributed by atoms with Gasteiger partial charge in [0.05, 0.1) is 6.10 Å². The van der Waals surface area contributed by atoms with E-state index in [9.17, 15) is 4.79 Å². The topological polar surface area (TPSA) is 26.3 Å². The van der Waals surface area contributed by atoms with Crippen LogP contribution in [0.5, 0.6) is 5.75 Å². The molecule has 0 aliphatic heterocycles. The van der Waals surface area contributed by atoms with Gasteiger partial charge in [0, 0.05) is 11.5 Å². The molecule has 0 spiro atoms. The third-order valence-corrected chi connectivity index (χ3v) is 4.96. The summed E-state index contributed by atoms with van der Waals surface area (Å²) in [5.41, 5.74) is 2.03. The number of benzene rings is 1. The number of hydrogen-bond acceptors (Lipinski definition) is 2. The molecule has 3 rings (SSSR count). The summed E-state index contributed by atoms with van der Waals surface area (Å²) in [5.74, 6) is 2.20. The van der Waals surface area contributed by atoms with Crippen LogP contribution in [-0.2, 0) is 4.79 Å². The predicted molar refractivity (Wildman–Crippen MR) is 89.9 cm³/mol. The largest absolute Gasteiger partial charge is 0.490 e. The molecular weight excluding hydrogens is 272 g/mol. The Labute approximate surface area is 133 Å². The molecule has 0 heterocycles. The first kappa shape index (κ1) is 15.3. The van der Waals surface area contributed by atoms with Crippen LogP contribution in [0.2, 0.25) is 0 Å². The van der Waals surface area contributed by atoms with Crippen LogP contribution < -0.4 is 4.74 Å². The highest BCUT2D eigenvalue weighted by atomic mass is 16.5. The summed E-state index contributed by atoms with van der Waals surface area (Å²) in [6, 6.07) is 8.02. The van der Waals surface area contributed by atoms with Crippen LogP contribution in [0.4, 0.5) is 0 Å². The van der Waals surface area contributed by atoms with Crippen molar-refractivity contribution in [3.8, 4) is 5.75 Å². The molecular formula is C20H26O2. The monoisotopic (exact) mass is 298 g/mol. The van der Waals surface area contributed by atoms with E-state index in [1.165, 1.54) is 25.7 Å². The second-order valence-corrected chi connectivity index (χ2v) is 6.93. The molecule has 1 aromatic carbocycles. The van der Waals surface area contributed by atoms with E-state index in [1.54, 1.807) is 0 Å². The molecule has 1 atom stereocenters. The minimum absolute atomic E-state index is 0.144. The van der Waals surface area contributed by atoms with Crippen LogP contribution in [0.1, 0.15) is 57.9 Å². The summed E-state index contributed by atoms with van der Waals surface area (Å²) in [7, 11) is 0. The maximum atomic E-state index is 12.7. The third kappa shape index (κ3) is 3.26. The van der Waals surface area contributed by atoms with Crippen molar-refractivity contribution in [3.63, 3.8) is 0 Å². The predicted octanol–water partition coefficient (Wildman–Crippen LogP) is 5.03. The van der Waals surface area contributed by atoms with Crippen LogP contribution >= 0.6 is 0 Å². The maximum Gasteiger partial charge on any atom is 0.162 e. The van der Waals surface area contributed by atoms with Gasteiger partial charge in [0.25, 0.3) is 0 Å². The average molecular weight is 298 g/mol. The molecule has 1 aromatic rings. The molecule has 0 amide bonds. The zero-order chi connectivity index (χ0) is 15.5. The number of carbonyl (C=O) groups is 1. The van der Waals surface area contributed by atoms with Gasteiger partial charge in [0.2, 0.25) is 0 Å². The number of para-hydroxylation sites is 1. The van der Waals surface area contributed by atoms with Gasteiger partial charge in [-0.05, 0) is 63.2 Å². The number of Topliss-reactive ketones (excluding diaryl/α,β-unsaturated/α-hetero) is 1. The number of ketones is 1. The number of ether oxygens (including phenoxy) is 1. The molecule has 118 valence electrons. The molecule has 2 heteroatoms. The van der Waals surface area contributed by atoms with Crippen LogP contribution in [0.15, 0.2) is 29.8 Å². The van der Waals surface area contributed by atoms with E-state index < -0.39 is 0 Å². The number of allylic oxidation sites excluding steroid dienone is 1. The maximum absolute atomic E-state index is 12.7. The smallest absolute Gasteiger partial charge is 0.162 e. The van der Waals surface area contributed by atoms with E-state index in [4.69, 9.17) is 4.74 Å². The van der Waals surface area contributed by atoms with E-state index in [0.29, 0.717) is 11.7 Å². The first-order valence-corrected chi connectivity index (χ1v) is 8.65.